The van der Waals surface area contributed by atoms with Crippen LogP contribution in [-0.4, -0.2) is 41.8 Å². The van der Waals surface area contributed by atoms with Gasteiger partial charge in [0.15, 0.2) is 0 Å². The fourth-order valence-corrected chi connectivity index (χ4v) is 4.95. The Kier molecular flexibility index (Phi) is 8.90. The van der Waals surface area contributed by atoms with Crippen LogP contribution in [0.5, 0.6) is 0 Å². The monoisotopic (exact) mass is 480 g/mol. The third-order valence-corrected chi connectivity index (χ3v) is 6.71. The van der Waals surface area contributed by atoms with E-state index in [9.17, 15) is 19.5 Å². The average Bonchev–Trinajstić information content (AvgIpc) is 3.13. The van der Waals surface area contributed by atoms with Crippen LogP contribution in [0, 0.1) is 11.8 Å². The lowest BCUT2D eigenvalue weighted by Crippen LogP contribution is -2.52. The molecule has 188 valence electrons. The smallest absolute Gasteiger partial charge is 0.407 e. The van der Waals surface area contributed by atoms with Gasteiger partial charge in [-0.15, -0.1) is 0 Å². The van der Waals surface area contributed by atoms with Crippen LogP contribution in [-0.2, 0) is 14.3 Å². The number of fused-ring (bicyclic) bond motifs is 3. The molecule has 0 saturated heterocycles. The first-order valence-electron chi connectivity index (χ1n) is 12.4. The van der Waals surface area contributed by atoms with Crippen LogP contribution in [0.1, 0.15) is 64.0 Å². The lowest BCUT2D eigenvalue weighted by atomic mass is 9.89. The number of carboxylic acid groups (broad SMARTS) is 1. The molecule has 0 fully saturated rings. The second-order valence-electron chi connectivity index (χ2n) is 9.57. The molecule has 7 nitrogen and oxygen atoms in total. The molecule has 7 heteroatoms. The van der Waals surface area contributed by atoms with Crippen LogP contribution in [0.4, 0.5) is 4.79 Å². The zero-order valence-electron chi connectivity index (χ0n) is 20.9. The molecule has 0 spiro atoms. The fraction of sp³-hybridized carbons (Fsp3) is 0.464. The van der Waals surface area contributed by atoms with E-state index in [1.807, 2.05) is 57.2 Å². The maximum atomic E-state index is 13.0. The van der Waals surface area contributed by atoms with E-state index in [1.54, 1.807) is 6.92 Å². The molecule has 3 rings (SSSR count). The summed E-state index contributed by atoms with van der Waals surface area (Å²) in [6, 6.07) is 14.8. The van der Waals surface area contributed by atoms with Gasteiger partial charge in [-0.3, -0.25) is 9.59 Å². The van der Waals surface area contributed by atoms with Crippen LogP contribution in [0.2, 0.25) is 0 Å². The number of carbonyl (C=O) groups excluding carboxylic acids is 2. The molecule has 3 N–H and O–H groups in total. The van der Waals surface area contributed by atoms with E-state index < -0.39 is 36.0 Å². The highest BCUT2D eigenvalue weighted by Crippen LogP contribution is 2.44. The molecule has 0 aliphatic heterocycles. The SMILES string of the molecule is CCCC[C@H](NC(=O)OCC1c2ccccc2-c2ccccc21)C(=O)NC(C)C(C(=O)O)C(C)C. The van der Waals surface area contributed by atoms with Gasteiger partial charge in [-0.2, -0.15) is 0 Å². The lowest BCUT2D eigenvalue weighted by Gasteiger charge is -2.27. The molecule has 2 aromatic rings. The highest BCUT2D eigenvalue weighted by Gasteiger charge is 2.32. The Hall–Kier alpha value is -3.35. The molecule has 35 heavy (non-hydrogen) atoms. The number of amides is 2. The van der Waals surface area contributed by atoms with Crippen molar-refractivity contribution in [3.05, 3.63) is 59.7 Å². The van der Waals surface area contributed by atoms with E-state index in [1.165, 1.54) is 0 Å². The summed E-state index contributed by atoms with van der Waals surface area (Å²) in [7, 11) is 0. The molecular formula is C28H36N2O5. The van der Waals surface area contributed by atoms with E-state index in [0.29, 0.717) is 6.42 Å². The number of ether oxygens (including phenoxy) is 1. The maximum Gasteiger partial charge on any atom is 0.407 e. The Morgan fingerprint density at radius 3 is 2.03 bits per heavy atom. The molecule has 2 aromatic carbocycles. The van der Waals surface area contributed by atoms with Gasteiger partial charge in [0.1, 0.15) is 12.6 Å². The van der Waals surface area contributed by atoms with Crippen LogP contribution in [0.3, 0.4) is 0 Å². The van der Waals surface area contributed by atoms with Crippen LogP contribution < -0.4 is 10.6 Å². The van der Waals surface area contributed by atoms with Gasteiger partial charge in [0.05, 0.1) is 5.92 Å². The first-order valence-corrected chi connectivity index (χ1v) is 12.4. The molecule has 0 bridgehead atoms. The number of alkyl carbamates (subject to hydrolysis) is 1. The number of hydrogen-bond donors (Lipinski definition) is 3. The second kappa shape index (κ2) is 11.9. The van der Waals surface area contributed by atoms with E-state index in [0.717, 1.165) is 35.1 Å². The van der Waals surface area contributed by atoms with Crippen LogP contribution in [0.15, 0.2) is 48.5 Å². The quantitative estimate of drug-likeness (QED) is 0.422. The summed E-state index contributed by atoms with van der Waals surface area (Å²) < 4.78 is 5.61. The van der Waals surface area contributed by atoms with Gasteiger partial charge >= 0.3 is 12.1 Å². The van der Waals surface area contributed by atoms with Crippen molar-refractivity contribution < 1.29 is 24.2 Å². The Morgan fingerprint density at radius 1 is 0.943 bits per heavy atom. The van der Waals surface area contributed by atoms with Gasteiger partial charge in [-0.1, -0.05) is 82.1 Å². The Balaban J connectivity index is 1.65. The van der Waals surface area contributed by atoms with Crippen molar-refractivity contribution >= 4 is 18.0 Å². The normalized spacial score (nSPS) is 15.0. The third-order valence-electron chi connectivity index (χ3n) is 6.71. The molecule has 2 amide bonds. The average molecular weight is 481 g/mol. The summed E-state index contributed by atoms with van der Waals surface area (Å²) >= 11 is 0. The number of nitrogens with one attached hydrogen (secondary N) is 2. The third kappa shape index (κ3) is 6.21. The van der Waals surface area contributed by atoms with Crippen molar-refractivity contribution in [2.75, 3.05) is 6.61 Å². The first kappa shape index (κ1) is 26.3. The number of rotatable bonds is 11. The predicted molar refractivity (Wildman–Crippen MR) is 135 cm³/mol. The molecule has 0 heterocycles. The van der Waals surface area contributed by atoms with Crippen LogP contribution in [0.25, 0.3) is 11.1 Å². The van der Waals surface area contributed by atoms with Crippen molar-refractivity contribution in [2.24, 2.45) is 11.8 Å². The second-order valence-corrected chi connectivity index (χ2v) is 9.57. The summed E-state index contributed by atoms with van der Waals surface area (Å²) in [6.07, 6.45) is 1.38. The molecule has 1 aliphatic rings. The highest BCUT2D eigenvalue weighted by atomic mass is 16.5. The van der Waals surface area contributed by atoms with Gasteiger partial charge in [-0.25, -0.2) is 4.79 Å². The maximum absolute atomic E-state index is 13.0. The van der Waals surface area contributed by atoms with Gasteiger partial charge in [0.25, 0.3) is 0 Å². The molecule has 1 aliphatic carbocycles. The zero-order chi connectivity index (χ0) is 25.5. The number of carboxylic acids is 1. The number of benzene rings is 2. The Bertz CT molecular complexity index is 1010. The summed E-state index contributed by atoms with van der Waals surface area (Å²) in [5.74, 6) is -2.29. The van der Waals surface area contributed by atoms with Crippen molar-refractivity contribution in [3.8, 4) is 11.1 Å². The summed E-state index contributed by atoms with van der Waals surface area (Å²) in [5.41, 5.74) is 4.52. The molecule has 0 radical (unpaired) electrons. The molecule has 0 aromatic heterocycles. The minimum Gasteiger partial charge on any atom is -0.481 e. The fourth-order valence-electron chi connectivity index (χ4n) is 4.95. The van der Waals surface area contributed by atoms with E-state index in [2.05, 4.69) is 22.8 Å². The summed E-state index contributed by atoms with van der Waals surface area (Å²) in [5, 5.41) is 15.0. The van der Waals surface area contributed by atoms with E-state index in [4.69, 9.17) is 4.74 Å². The van der Waals surface area contributed by atoms with Crippen molar-refractivity contribution in [2.45, 2.75) is 65.0 Å². The van der Waals surface area contributed by atoms with Gasteiger partial charge in [0, 0.05) is 12.0 Å². The number of carbonyl (C=O) groups is 3. The van der Waals surface area contributed by atoms with Crippen LogP contribution >= 0.6 is 0 Å². The predicted octanol–water partition coefficient (Wildman–Crippen LogP) is 4.95. The topological polar surface area (TPSA) is 105 Å². The number of aliphatic carboxylic acids is 1. The van der Waals surface area contributed by atoms with Gasteiger partial charge in [-0.05, 0) is 41.5 Å². The minimum absolute atomic E-state index is 0.0709. The molecular weight excluding hydrogens is 444 g/mol. The Morgan fingerprint density at radius 2 is 1.51 bits per heavy atom. The Labute approximate surface area is 207 Å². The van der Waals surface area contributed by atoms with Crippen molar-refractivity contribution in [3.63, 3.8) is 0 Å². The van der Waals surface area contributed by atoms with Crippen molar-refractivity contribution in [1.29, 1.82) is 0 Å². The van der Waals surface area contributed by atoms with Gasteiger partial charge < -0.3 is 20.5 Å². The standard InChI is InChI=1S/C28H36N2O5/c1-5-6-15-24(26(31)29-18(4)25(17(2)3)27(32)33)30-28(34)35-16-23-21-13-9-7-11-19(21)20-12-8-10-14-22(20)23/h7-14,17-18,23-25H,5-6,15-16H2,1-4H3,(H,29,31)(H,30,34)(H,32,33)/t18?,24-,25?/m0/s1. The number of hydrogen-bond acceptors (Lipinski definition) is 4. The van der Waals surface area contributed by atoms with E-state index in [-0.39, 0.29) is 18.4 Å². The summed E-state index contributed by atoms with van der Waals surface area (Å²) in [4.78, 5) is 37.3. The first-order chi connectivity index (χ1) is 16.7. The number of unbranched alkanes of at least 4 members (excludes halogenated alkanes) is 1. The van der Waals surface area contributed by atoms with Gasteiger partial charge in [0.2, 0.25) is 5.91 Å². The molecule has 2 unspecified atom stereocenters. The molecule has 3 atom stereocenters. The zero-order valence-corrected chi connectivity index (χ0v) is 20.9. The largest absolute Gasteiger partial charge is 0.481 e. The molecule has 0 saturated carbocycles. The highest BCUT2D eigenvalue weighted by molar-refractivity contribution is 5.86. The van der Waals surface area contributed by atoms with E-state index >= 15 is 0 Å². The minimum atomic E-state index is -0.956. The lowest BCUT2D eigenvalue weighted by molar-refractivity contribution is -0.144. The van der Waals surface area contributed by atoms with Crippen molar-refractivity contribution in [1.82, 2.24) is 10.6 Å². The summed E-state index contributed by atoms with van der Waals surface area (Å²) in [6.45, 7) is 7.47.